The van der Waals surface area contributed by atoms with Crippen LogP contribution in [0.4, 0.5) is 10.1 Å². The molecule has 0 unspecified atom stereocenters. The van der Waals surface area contributed by atoms with Gasteiger partial charge in [-0.15, -0.1) is 0 Å². The molecule has 0 fully saturated rings. The third-order valence-electron chi connectivity index (χ3n) is 4.44. The molecule has 0 aliphatic carbocycles. The Balaban J connectivity index is 1.74. The lowest BCUT2D eigenvalue weighted by Crippen LogP contribution is -2.05. The summed E-state index contributed by atoms with van der Waals surface area (Å²) in [5, 5.41) is 12.3. The van der Waals surface area contributed by atoms with Crippen molar-refractivity contribution < 1.29 is 13.9 Å². The van der Waals surface area contributed by atoms with E-state index in [4.69, 9.17) is 17.0 Å². The lowest BCUT2D eigenvalue weighted by molar-refractivity contribution is 0.0600. The van der Waals surface area contributed by atoms with Crippen LogP contribution in [0.5, 0.6) is 0 Å². The second-order valence-electron chi connectivity index (χ2n) is 6.53. The van der Waals surface area contributed by atoms with Crippen molar-refractivity contribution >= 4 is 35.0 Å². The van der Waals surface area contributed by atoms with Crippen molar-refractivity contribution in [2.45, 2.75) is 6.54 Å². The maximum absolute atomic E-state index is 13.1. The third-order valence-corrected chi connectivity index (χ3v) is 4.68. The van der Waals surface area contributed by atoms with Crippen LogP contribution in [0, 0.1) is 11.2 Å². The standard InChI is InChI=1S/C24H20ClFN2O2/c1-30-24(29)18-7-2-16(3-8-18)6-13-22(27)21-12-9-19(25)14-23(21)28-15-17-4-10-20(26)11-5-17/h2-14,27-28H,15H2,1H3/b13-6+,27-22?. The van der Waals surface area contributed by atoms with Gasteiger partial charge in [-0.25, -0.2) is 9.18 Å². The quantitative estimate of drug-likeness (QED) is 0.365. The summed E-state index contributed by atoms with van der Waals surface area (Å²) in [6.07, 6.45) is 3.47. The molecule has 4 nitrogen and oxygen atoms in total. The highest BCUT2D eigenvalue weighted by Crippen LogP contribution is 2.23. The van der Waals surface area contributed by atoms with Crippen LogP contribution in [-0.4, -0.2) is 18.8 Å². The van der Waals surface area contributed by atoms with Crippen LogP contribution in [0.2, 0.25) is 5.02 Å². The summed E-state index contributed by atoms with van der Waals surface area (Å²) in [5.41, 5.74) is 3.92. The van der Waals surface area contributed by atoms with Crippen LogP contribution in [0.15, 0.2) is 72.8 Å². The number of esters is 1. The van der Waals surface area contributed by atoms with Gasteiger partial charge in [0.05, 0.1) is 18.4 Å². The van der Waals surface area contributed by atoms with Crippen LogP contribution in [-0.2, 0) is 11.3 Å². The molecule has 30 heavy (non-hydrogen) atoms. The largest absolute Gasteiger partial charge is 0.465 e. The summed E-state index contributed by atoms with van der Waals surface area (Å²) >= 11 is 6.13. The number of anilines is 1. The zero-order chi connectivity index (χ0) is 21.5. The number of carbonyl (C=O) groups is 1. The summed E-state index contributed by atoms with van der Waals surface area (Å²) in [7, 11) is 1.34. The smallest absolute Gasteiger partial charge is 0.337 e. The summed E-state index contributed by atoms with van der Waals surface area (Å²) in [6, 6.07) is 18.4. The zero-order valence-corrected chi connectivity index (χ0v) is 17.0. The van der Waals surface area contributed by atoms with E-state index in [0.29, 0.717) is 34.1 Å². The molecule has 3 aromatic rings. The number of hydrogen-bond donors (Lipinski definition) is 2. The molecule has 0 aliphatic heterocycles. The van der Waals surface area contributed by atoms with Crippen LogP contribution >= 0.6 is 11.6 Å². The van der Waals surface area contributed by atoms with E-state index in [9.17, 15) is 9.18 Å². The van der Waals surface area contributed by atoms with Crippen molar-refractivity contribution in [3.63, 3.8) is 0 Å². The number of rotatable bonds is 7. The highest BCUT2D eigenvalue weighted by molar-refractivity contribution is 6.31. The first-order valence-corrected chi connectivity index (χ1v) is 9.57. The Labute approximate surface area is 179 Å². The molecule has 152 valence electrons. The molecule has 0 heterocycles. The Bertz CT molecular complexity index is 1080. The van der Waals surface area contributed by atoms with Gasteiger partial charge in [0.15, 0.2) is 0 Å². The normalized spacial score (nSPS) is 10.8. The molecule has 0 bridgehead atoms. The van der Waals surface area contributed by atoms with Gasteiger partial charge in [0, 0.05) is 22.8 Å². The minimum absolute atomic E-state index is 0.284. The third kappa shape index (κ3) is 5.55. The van der Waals surface area contributed by atoms with Gasteiger partial charge in [0.1, 0.15) is 5.82 Å². The fourth-order valence-electron chi connectivity index (χ4n) is 2.81. The molecule has 0 saturated carbocycles. The van der Waals surface area contributed by atoms with E-state index in [1.807, 2.05) is 0 Å². The SMILES string of the molecule is COC(=O)c1ccc(/C=C/C(=N)c2ccc(Cl)cc2NCc2ccc(F)cc2)cc1. The number of halogens is 2. The van der Waals surface area contributed by atoms with Gasteiger partial charge in [-0.2, -0.15) is 0 Å². The van der Waals surface area contributed by atoms with Gasteiger partial charge in [0.25, 0.3) is 0 Å². The highest BCUT2D eigenvalue weighted by atomic mass is 35.5. The average molecular weight is 423 g/mol. The second-order valence-corrected chi connectivity index (χ2v) is 6.97. The molecule has 2 N–H and O–H groups in total. The number of nitrogens with one attached hydrogen (secondary N) is 2. The van der Waals surface area contributed by atoms with Crippen molar-refractivity contribution in [3.8, 4) is 0 Å². The van der Waals surface area contributed by atoms with Gasteiger partial charge in [0.2, 0.25) is 0 Å². The zero-order valence-electron chi connectivity index (χ0n) is 16.3. The molecule has 0 spiro atoms. The monoisotopic (exact) mass is 422 g/mol. The minimum atomic E-state index is -0.392. The van der Waals surface area contributed by atoms with E-state index < -0.39 is 5.97 Å². The predicted molar refractivity (Wildman–Crippen MR) is 119 cm³/mol. The summed E-state index contributed by atoms with van der Waals surface area (Å²) in [6.45, 7) is 0.472. The highest BCUT2D eigenvalue weighted by Gasteiger charge is 2.08. The molecule has 3 aromatic carbocycles. The van der Waals surface area contributed by atoms with Crippen LogP contribution in [0.25, 0.3) is 6.08 Å². The number of hydrogen-bond acceptors (Lipinski definition) is 4. The van der Waals surface area contributed by atoms with Crippen molar-refractivity contribution in [1.82, 2.24) is 0 Å². The fourth-order valence-corrected chi connectivity index (χ4v) is 2.99. The van der Waals surface area contributed by atoms with Crippen molar-refractivity contribution in [2.24, 2.45) is 0 Å². The van der Waals surface area contributed by atoms with E-state index in [0.717, 1.165) is 11.1 Å². The van der Waals surface area contributed by atoms with E-state index in [2.05, 4.69) is 10.1 Å². The van der Waals surface area contributed by atoms with Crippen LogP contribution in [0.3, 0.4) is 0 Å². The summed E-state index contributed by atoms with van der Waals surface area (Å²) in [4.78, 5) is 11.5. The number of benzene rings is 3. The average Bonchev–Trinajstić information content (AvgIpc) is 2.77. The second kappa shape index (κ2) is 9.85. The topological polar surface area (TPSA) is 62.2 Å². The number of methoxy groups -OCH3 is 1. The molecule has 0 saturated heterocycles. The molecule has 6 heteroatoms. The van der Waals surface area contributed by atoms with E-state index >= 15 is 0 Å². The Morgan fingerprint density at radius 2 is 1.80 bits per heavy atom. The van der Waals surface area contributed by atoms with Crippen molar-refractivity contribution in [1.29, 1.82) is 5.41 Å². The Kier molecular flexibility index (Phi) is 6.99. The maximum Gasteiger partial charge on any atom is 0.337 e. The molecule has 0 atom stereocenters. The van der Waals surface area contributed by atoms with Crippen LogP contribution < -0.4 is 5.32 Å². The first kappa shape index (κ1) is 21.3. The number of carbonyl (C=O) groups excluding carboxylic acids is 1. The van der Waals surface area contributed by atoms with E-state index in [-0.39, 0.29) is 5.82 Å². The van der Waals surface area contributed by atoms with Gasteiger partial charge < -0.3 is 15.5 Å². The van der Waals surface area contributed by atoms with Gasteiger partial charge >= 0.3 is 5.97 Å². The molecular formula is C24H20ClFN2O2. The first-order valence-electron chi connectivity index (χ1n) is 9.19. The number of allylic oxidation sites excluding steroid dienone is 1. The van der Waals surface area contributed by atoms with Gasteiger partial charge in [-0.3, -0.25) is 0 Å². The molecule has 0 aliphatic rings. The molecule has 0 amide bonds. The van der Waals surface area contributed by atoms with E-state index in [1.165, 1.54) is 19.2 Å². The molecule has 3 rings (SSSR count). The predicted octanol–water partition coefficient (Wildman–Crippen LogP) is 5.96. The lowest BCUT2D eigenvalue weighted by atomic mass is 10.1. The van der Waals surface area contributed by atoms with Gasteiger partial charge in [-0.05, 0) is 59.7 Å². The first-order chi connectivity index (χ1) is 14.5. The molecule has 0 radical (unpaired) electrons. The lowest BCUT2D eigenvalue weighted by Gasteiger charge is -2.12. The van der Waals surface area contributed by atoms with Crippen LogP contribution in [0.1, 0.15) is 27.0 Å². The number of ether oxygens (including phenoxy) is 1. The summed E-state index contributed by atoms with van der Waals surface area (Å²) < 4.78 is 17.8. The fraction of sp³-hybridized carbons (Fsp3) is 0.0833. The summed E-state index contributed by atoms with van der Waals surface area (Å²) in [5.74, 6) is -0.676. The Morgan fingerprint density at radius 1 is 1.10 bits per heavy atom. The molecule has 0 aromatic heterocycles. The maximum atomic E-state index is 13.1. The van der Waals surface area contributed by atoms with Crippen molar-refractivity contribution in [2.75, 3.05) is 12.4 Å². The van der Waals surface area contributed by atoms with E-state index in [1.54, 1.807) is 66.7 Å². The minimum Gasteiger partial charge on any atom is -0.465 e. The Hall–Kier alpha value is -3.44. The molecular weight excluding hydrogens is 403 g/mol. The van der Waals surface area contributed by atoms with Crippen molar-refractivity contribution in [3.05, 3.63) is 106 Å². The Morgan fingerprint density at radius 3 is 2.47 bits per heavy atom. The van der Waals surface area contributed by atoms with Gasteiger partial charge in [-0.1, -0.05) is 41.9 Å².